The highest BCUT2D eigenvalue weighted by Crippen LogP contribution is 2.37. The third-order valence-electron chi connectivity index (χ3n) is 3.35. The van der Waals surface area contributed by atoms with Crippen LogP contribution < -0.4 is 0 Å². The van der Waals surface area contributed by atoms with Crippen molar-refractivity contribution in [2.75, 3.05) is 7.05 Å². The fraction of sp³-hybridized carbons (Fsp3) is 0.176. The summed E-state index contributed by atoms with van der Waals surface area (Å²) in [6.07, 6.45) is -10.3. The first-order chi connectivity index (χ1) is 12.3. The SMILES string of the molecule is CN(C#Cc1ccccc1)S(=O)(=O)c1cc(C(F)(F)F)cc(C(F)(F)F)c1. The van der Waals surface area contributed by atoms with Crippen molar-refractivity contribution in [1.82, 2.24) is 4.31 Å². The predicted molar refractivity (Wildman–Crippen MR) is 84.7 cm³/mol. The molecule has 0 N–H and O–H groups in total. The number of hydrogen-bond acceptors (Lipinski definition) is 2. The summed E-state index contributed by atoms with van der Waals surface area (Å²) in [5.74, 6) is 2.46. The Morgan fingerprint density at radius 1 is 0.852 bits per heavy atom. The van der Waals surface area contributed by atoms with E-state index in [4.69, 9.17) is 0 Å². The van der Waals surface area contributed by atoms with Gasteiger partial charge >= 0.3 is 12.4 Å². The maximum atomic E-state index is 12.9. The molecule has 0 saturated heterocycles. The van der Waals surface area contributed by atoms with Gasteiger partial charge in [-0.2, -0.15) is 26.3 Å². The monoisotopic (exact) mass is 407 g/mol. The first-order valence-corrected chi connectivity index (χ1v) is 8.61. The molecule has 27 heavy (non-hydrogen) atoms. The molecular weight excluding hydrogens is 396 g/mol. The molecule has 0 fully saturated rings. The number of nitrogens with zero attached hydrogens (tertiary/aromatic N) is 1. The smallest absolute Gasteiger partial charge is 0.227 e. The molecule has 10 heteroatoms. The molecule has 0 saturated carbocycles. The van der Waals surface area contributed by atoms with E-state index in [0.717, 1.165) is 7.05 Å². The van der Waals surface area contributed by atoms with E-state index in [0.29, 0.717) is 9.87 Å². The summed E-state index contributed by atoms with van der Waals surface area (Å²) in [5.41, 5.74) is -3.03. The van der Waals surface area contributed by atoms with Gasteiger partial charge in [0.05, 0.1) is 16.0 Å². The van der Waals surface area contributed by atoms with Gasteiger partial charge < -0.3 is 0 Å². The van der Waals surface area contributed by atoms with Gasteiger partial charge in [-0.25, -0.2) is 12.7 Å². The minimum atomic E-state index is -5.15. The summed E-state index contributed by atoms with van der Waals surface area (Å²) in [5, 5.41) is 0. The van der Waals surface area contributed by atoms with Crippen LogP contribution in [0.2, 0.25) is 0 Å². The van der Waals surface area contributed by atoms with Gasteiger partial charge in [-0.05, 0) is 36.3 Å². The molecule has 0 heterocycles. The summed E-state index contributed by atoms with van der Waals surface area (Å²) in [7, 11) is -3.79. The second kappa shape index (κ2) is 7.15. The minimum absolute atomic E-state index is 0.144. The zero-order valence-electron chi connectivity index (χ0n) is 13.6. The molecule has 0 aliphatic rings. The van der Waals surface area contributed by atoms with E-state index < -0.39 is 38.4 Å². The van der Waals surface area contributed by atoms with Crippen molar-refractivity contribution in [1.29, 1.82) is 0 Å². The van der Waals surface area contributed by atoms with Gasteiger partial charge in [0.15, 0.2) is 0 Å². The molecule has 0 unspecified atom stereocenters. The molecule has 0 spiro atoms. The summed E-state index contributed by atoms with van der Waals surface area (Å²) in [4.78, 5) is -1.16. The van der Waals surface area contributed by atoms with Crippen LogP contribution in [0, 0.1) is 12.0 Å². The lowest BCUT2D eigenvalue weighted by atomic mass is 10.1. The normalized spacial score (nSPS) is 12.3. The number of sulfonamides is 1. The Hall–Kier alpha value is -2.67. The number of hydrogen-bond donors (Lipinski definition) is 0. The van der Waals surface area contributed by atoms with Crippen LogP contribution in [0.5, 0.6) is 0 Å². The van der Waals surface area contributed by atoms with E-state index in [1.807, 2.05) is 0 Å². The molecule has 0 aliphatic heterocycles. The Kier molecular flexibility index (Phi) is 5.47. The third kappa shape index (κ3) is 4.95. The van der Waals surface area contributed by atoms with E-state index in [9.17, 15) is 34.8 Å². The maximum absolute atomic E-state index is 12.9. The van der Waals surface area contributed by atoms with Crippen LogP contribution in [0.4, 0.5) is 26.3 Å². The van der Waals surface area contributed by atoms with Crippen LogP contribution >= 0.6 is 0 Å². The van der Waals surface area contributed by atoms with Crippen molar-refractivity contribution in [3.8, 4) is 12.0 Å². The van der Waals surface area contributed by atoms with Crippen LogP contribution in [0.3, 0.4) is 0 Å². The van der Waals surface area contributed by atoms with Gasteiger partial charge in [0.25, 0.3) is 10.0 Å². The van der Waals surface area contributed by atoms with Crippen LogP contribution in [0.1, 0.15) is 16.7 Å². The van der Waals surface area contributed by atoms with Crippen molar-refractivity contribution >= 4 is 10.0 Å². The maximum Gasteiger partial charge on any atom is 0.416 e. The lowest BCUT2D eigenvalue weighted by molar-refractivity contribution is -0.143. The molecular formula is C17H11F6NO2S. The highest BCUT2D eigenvalue weighted by molar-refractivity contribution is 7.89. The Labute approximate surface area is 151 Å². The summed E-state index contributed by atoms with van der Waals surface area (Å²) >= 11 is 0. The summed E-state index contributed by atoms with van der Waals surface area (Å²) < 4.78 is 103. The Bertz CT molecular complexity index is 954. The fourth-order valence-corrected chi connectivity index (χ4v) is 2.99. The lowest BCUT2D eigenvalue weighted by Gasteiger charge is -2.17. The first kappa shape index (κ1) is 20.6. The fourth-order valence-electron chi connectivity index (χ4n) is 1.96. The van der Waals surface area contributed by atoms with Crippen LogP contribution in [-0.2, 0) is 22.4 Å². The lowest BCUT2D eigenvalue weighted by Crippen LogP contribution is -2.23. The van der Waals surface area contributed by atoms with E-state index in [1.54, 1.807) is 30.3 Å². The zero-order valence-corrected chi connectivity index (χ0v) is 14.4. The second-order valence-corrected chi connectivity index (χ2v) is 7.29. The Morgan fingerprint density at radius 2 is 1.33 bits per heavy atom. The first-order valence-electron chi connectivity index (χ1n) is 7.17. The average molecular weight is 407 g/mol. The van der Waals surface area contributed by atoms with Crippen molar-refractivity contribution < 1.29 is 34.8 Å². The quantitative estimate of drug-likeness (QED) is 0.422. The number of rotatable bonds is 2. The standard InChI is InChI=1S/C17H11F6NO2S/c1-24(8-7-12-5-3-2-4-6-12)27(25,26)15-10-13(16(18,19)20)9-14(11-15)17(21,22)23/h2-6,9-11H,1H3. The van der Waals surface area contributed by atoms with E-state index in [2.05, 4.69) is 12.0 Å². The number of halogens is 6. The van der Waals surface area contributed by atoms with Gasteiger partial charge in [0.1, 0.15) is 0 Å². The molecule has 0 aromatic heterocycles. The molecule has 2 rings (SSSR count). The van der Waals surface area contributed by atoms with E-state index in [-0.39, 0.29) is 18.2 Å². The highest BCUT2D eigenvalue weighted by Gasteiger charge is 2.38. The van der Waals surface area contributed by atoms with Crippen molar-refractivity contribution in [3.05, 3.63) is 65.2 Å². The molecule has 2 aromatic rings. The largest absolute Gasteiger partial charge is 0.416 e. The Morgan fingerprint density at radius 3 is 1.78 bits per heavy atom. The second-order valence-electron chi connectivity index (χ2n) is 5.32. The van der Waals surface area contributed by atoms with Crippen LogP contribution in [0.15, 0.2) is 53.4 Å². The van der Waals surface area contributed by atoms with Crippen molar-refractivity contribution in [3.63, 3.8) is 0 Å². The molecule has 0 radical (unpaired) electrons. The summed E-state index contributed by atoms with van der Waals surface area (Å²) in [6, 6.07) is 10.4. The van der Waals surface area contributed by atoms with Gasteiger partial charge in [-0.15, -0.1) is 0 Å². The van der Waals surface area contributed by atoms with Crippen molar-refractivity contribution in [2.24, 2.45) is 0 Å². The minimum Gasteiger partial charge on any atom is -0.227 e. The Balaban J connectivity index is 2.53. The van der Waals surface area contributed by atoms with Crippen LogP contribution in [0.25, 0.3) is 0 Å². The topological polar surface area (TPSA) is 37.4 Å². The van der Waals surface area contributed by atoms with Gasteiger partial charge in [0, 0.05) is 18.7 Å². The van der Waals surface area contributed by atoms with Crippen LogP contribution in [-0.4, -0.2) is 19.8 Å². The predicted octanol–water partition coefficient (Wildman–Crippen LogP) is 4.35. The van der Waals surface area contributed by atoms with Gasteiger partial charge in [-0.1, -0.05) is 18.2 Å². The number of alkyl halides is 6. The molecule has 144 valence electrons. The molecule has 0 bridgehead atoms. The zero-order chi connectivity index (χ0) is 20.5. The molecule has 3 nitrogen and oxygen atoms in total. The summed E-state index contributed by atoms with van der Waals surface area (Å²) in [6.45, 7) is 0. The average Bonchev–Trinajstić information content (AvgIpc) is 2.58. The van der Waals surface area contributed by atoms with Gasteiger partial charge in [-0.3, -0.25) is 0 Å². The highest BCUT2D eigenvalue weighted by atomic mass is 32.2. The molecule has 0 amide bonds. The van der Waals surface area contributed by atoms with E-state index in [1.165, 1.54) is 0 Å². The molecule has 2 aromatic carbocycles. The van der Waals surface area contributed by atoms with Gasteiger partial charge in [0.2, 0.25) is 0 Å². The van der Waals surface area contributed by atoms with E-state index >= 15 is 0 Å². The van der Waals surface area contributed by atoms with Crippen molar-refractivity contribution in [2.45, 2.75) is 17.2 Å². The number of benzene rings is 2. The third-order valence-corrected chi connectivity index (χ3v) is 4.99. The molecule has 0 atom stereocenters. The molecule has 0 aliphatic carbocycles.